The summed E-state index contributed by atoms with van der Waals surface area (Å²) < 4.78 is 28.7. The van der Waals surface area contributed by atoms with Crippen LogP contribution in [0.4, 0.5) is 0 Å². The summed E-state index contributed by atoms with van der Waals surface area (Å²) in [7, 11) is 0. The molecule has 0 unspecified atom stereocenters. The Bertz CT molecular complexity index is 5030. The molecule has 0 amide bonds. The number of rotatable bonds is 8. The van der Waals surface area contributed by atoms with Gasteiger partial charge in [-0.3, -0.25) is 0 Å². The second-order valence-corrected chi connectivity index (χ2v) is 19.5. The molecule has 8 nitrogen and oxygen atoms in total. The van der Waals surface area contributed by atoms with Crippen molar-refractivity contribution in [3.8, 4) is 50.7 Å². The zero-order chi connectivity index (χ0) is 50.7. The highest BCUT2D eigenvalue weighted by Gasteiger charge is 2.26. The van der Waals surface area contributed by atoms with E-state index in [-0.39, 0.29) is 0 Å². The Hall–Kier alpha value is -10.6. The molecule has 0 radical (unpaired) electrons. The average Bonchev–Trinajstić information content (AvgIpc) is 4.43. The molecule has 0 N–H and O–H groups in total. The number of hydrogen-bond acceptors (Lipinski definition) is 7. The molecule has 0 aliphatic heterocycles. The fourth-order valence-corrected chi connectivity index (χ4v) is 11.5. The van der Waals surface area contributed by atoms with Gasteiger partial charge in [-0.2, -0.15) is 0 Å². The minimum absolute atomic E-state index is 0.440. The van der Waals surface area contributed by atoms with E-state index in [9.17, 15) is 0 Å². The van der Waals surface area contributed by atoms with Gasteiger partial charge in [0.15, 0.2) is 17.5 Å². The van der Waals surface area contributed by atoms with Gasteiger partial charge in [0.25, 0.3) is 0 Å². The highest BCUT2D eigenvalue weighted by Crippen LogP contribution is 2.48. The maximum atomic E-state index is 7.17. The molecule has 10 aromatic carbocycles. The summed E-state index contributed by atoms with van der Waals surface area (Å²) in [6, 6.07) is 75.2. The molecular weight excluding hydrogens is 949 g/mol. The Labute approximate surface area is 438 Å². The monoisotopic (exact) mass is 988 g/mol. The molecule has 0 aliphatic rings. The quantitative estimate of drug-likeness (QED) is 0.140. The van der Waals surface area contributed by atoms with E-state index in [2.05, 4.69) is 157 Å². The minimum atomic E-state index is 0.440. The molecule has 6 aromatic heterocycles. The number of aromatic nitrogens is 4. The normalized spacial score (nSPS) is 12.3. The Morgan fingerprint density at radius 2 is 0.974 bits per heavy atom. The third-order valence-electron chi connectivity index (χ3n) is 15.0. The van der Waals surface area contributed by atoms with Crippen LogP contribution >= 0.6 is 0 Å². The molecule has 77 heavy (non-hydrogen) atoms. The number of nitrogens with zero attached hydrogens (tertiary/aromatic N) is 4. The van der Waals surface area contributed by atoms with Crippen LogP contribution in [0.5, 0.6) is 0 Å². The standard InChI is InChI=1S/C69H40N4O4/c1-2-40(35-46-36-43-21-9-14-26-57(43)74-46)67-70-68(44-29-30-48-47-22-11-15-27-58(47)76-61(48)39-44)72-69(71-67)45-37-53(41-17-5-3-6-18-41)64(54(38-45)42-19-7-4-8-20-42)73-55-25-13-10-23-51(55)62-56(73)33-31-49-50-32-34-60-63(66(50)77-65(49)62)52-24-12-16-28-59(52)75-60/h2-39H,1H2/b40-35+. The van der Waals surface area contributed by atoms with Crippen molar-refractivity contribution in [3.05, 3.63) is 243 Å². The van der Waals surface area contributed by atoms with Gasteiger partial charge in [-0.25, -0.2) is 15.0 Å². The third-order valence-corrected chi connectivity index (χ3v) is 15.0. The van der Waals surface area contributed by atoms with Gasteiger partial charge in [-0.05, 0) is 96.1 Å². The van der Waals surface area contributed by atoms with E-state index in [1.807, 2.05) is 78.9 Å². The molecule has 16 aromatic rings. The SMILES string of the molecule is C=C/C(=C\c1cc2ccccc2o1)c1nc(-c2cc(-c3ccccc3)c(-n3c4ccccc4c4c5oc6c(ccc7oc8ccccc8c76)c5ccc43)c(-c3ccccc3)c2)nc(-c2ccc3c(c2)oc2ccccc23)n1. The molecule has 0 saturated carbocycles. The molecule has 0 saturated heterocycles. The van der Waals surface area contributed by atoms with Crippen LogP contribution in [0.3, 0.4) is 0 Å². The first-order valence-corrected chi connectivity index (χ1v) is 25.6. The van der Waals surface area contributed by atoms with Crippen molar-refractivity contribution in [1.82, 2.24) is 19.5 Å². The summed E-state index contributed by atoms with van der Waals surface area (Å²) in [5, 5.41) is 9.24. The first-order valence-electron chi connectivity index (χ1n) is 25.6. The molecular formula is C69H40N4O4. The van der Waals surface area contributed by atoms with E-state index >= 15 is 0 Å². The summed E-state index contributed by atoms with van der Waals surface area (Å²) in [6.07, 6.45) is 3.71. The van der Waals surface area contributed by atoms with Gasteiger partial charge in [0.2, 0.25) is 0 Å². The van der Waals surface area contributed by atoms with Crippen LogP contribution in [0.25, 0.3) is 161 Å². The van der Waals surface area contributed by atoms with Gasteiger partial charge in [-0.15, -0.1) is 0 Å². The zero-order valence-corrected chi connectivity index (χ0v) is 41.1. The van der Waals surface area contributed by atoms with Crippen LogP contribution in [-0.2, 0) is 0 Å². The van der Waals surface area contributed by atoms with Crippen molar-refractivity contribution in [1.29, 1.82) is 0 Å². The van der Waals surface area contributed by atoms with Gasteiger partial charge in [-0.1, -0.05) is 152 Å². The summed E-state index contributed by atoms with van der Waals surface area (Å²) in [5.74, 6) is 2.06. The summed E-state index contributed by atoms with van der Waals surface area (Å²) in [4.78, 5) is 15.9. The van der Waals surface area contributed by atoms with Crippen molar-refractivity contribution >= 4 is 110 Å². The lowest BCUT2D eigenvalue weighted by Gasteiger charge is -2.21. The summed E-state index contributed by atoms with van der Waals surface area (Å²) in [6.45, 7) is 4.27. The third kappa shape index (κ3) is 6.69. The minimum Gasteiger partial charge on any atom is -0.457 e. The molecule has 0 atom stereocenters. The highest BCUT2D eigenvalue weighted by molar-refractivity contribution is 6.28. The largest absolute Gasteiger partial charge is 0.457 e. The predicted octanol–water partition coefficient (Wildman–Crippen LogP) is 18.8. The number of hydrogen-bond donors (Lipinski definition) is 0. The van der Waals surface area contributed by atoms with Crippen molar-refractivity contribution in [2.75, 3.05) is 0 Å². The fraction of sp³-hybridized carbons (Fsp3) is 0. The second-order valence-electron chi connectivity index (χ2n) is 19.5. The molecule has 8 heteroatoms. The van der Waals surface area contributed by atoms with Crippen LogP contribution in [0.15, 0.2) is 249 Å². The van der Waals surface area contributed by atoms with Crippen LogP contribution < -0.4 is 0 Å². The number of benzene rings is 10. The van der Waals surface area contributed by atoms with Crippen LogP contribution in [0, 0.1) is 0 Å². The number of para-hydroxylation sites is 4. The summed E-state index contributed by atoms with van der Waals surface area (Å²) in [5.41, 5.74) is 14.9. The maximum Gasteiger partial charge on any atom is 0.164 e. The van der Waals surface area contributed by atoms with Gasteiger partial charge >= 0.3 is 0 Å². The van der Waals surface area contributed by atoms with Crippen LogP contribution in [0.1, 0.15) is 11.6 Å². The van der Waals surface area contributed by atoms with E-state index in [4.69, 9.17) is 32.6 Å². The van der Waals surface area contributed by atoms with E-state index in [1.54, 1.807) is 6.08 Å². The molecule has 16 rings (SSSR count). The predicted molar refractivity (Wildman–Crippen MR) is 312 cm³/mol. The molecule has 0 bridgehead atoms. The second kappa shape index (κ2) is 16.7. The number of furan rings is 4. The van der Waals surface area contributed by atoms with Gasteiger partial charge in [0.1, 0.15) is 44.8 Å². The van der Waals surface area contributed by atoms with Crippen LogP contribution in [0.2, 0.25) is 0 Å². The molecule has 0 spiro atoms. The Morgan fingerprint density at radius 3 is 1.71 bits per heavy atom. The van der Waals surface area contributed by atoms with Gasteiger partial charge in [0.05, 0.1) is 27.5 Å². The first kappa shape index (κ1) is 42.9. The maximum absolute atomic E-state index is 7.17. The van der Waals surface area contributed by atoms with Gasteiger partial charge in [0, 0.05) is 65.5 Å². The lowest BCUT2D eigenvalue weighted by atomic mass is 9.92. The van der Waals surface area contributed by atoms with Crippen molar-refractivity contribution in [2.24, 2.45) is 0 Å². The van der Waals surface area contributed by atoms with Crippen LogP contribution in [-0.4, -0.2) is 19.5 Å². The van der Waals surface area contributed by atoms with E-state index in [0.717, 1.165) is 138 Å². The van der Waals surface area contributed by atoms with Crippen molar-refractivity contribution in [3.63, 3.8) is 0 Å². The lowest BCUT2D eigenvalue weighted by molar-refractivity contribution is 0.604. The topological polar surface area (TPSA) is 96.2 Å². The Morgan fingerprint density at radius 1 is 0.390 bits per heavy atom. The Balaban J connectivity index is 0.972. The fourth-order valence-electron chi connectivity index (χ4n) is 11.5. The lowest BCUT2D eigenvalue weighted by Crippen LogP contribution is -2.05. The molecule has 0 aliphatic carbocycles. The van der Waals surface area contributed by atoms with Gasteiger partial charge < -0.3 is 22.2 Å². The molecule has 6 heterocycles. The average molecular weight is 989 g/mol. The van der Waals surface area contributed by atoms with Crippen molar-refractivity contribution < 1.29 is 17.7 Å². The number of allylic oxidation sites excluding steroid dienone is 2. The van der Waals surface area contributed by atoms with E-state index < -0.39 is 0 Å². The van der Waals surface area contributed by atoms with E-state index in [0.29, 0.717) is 28.8 Å². The summed E-state index contributed by atoms with van der Waals surface area (Å²) >= 11 is 0. The number of fused-ring (bicyclic) bond motifs is 15. The smallest absolute Gasteiger partial charge is 0.164 e. The van der Waals surface area contributed by atoms with Crippen molar-refractivity contribution in [2.45, 2.75) is 0 Å². The Kier molecular flexibility index (Phi) is 9.32. The zero-order valence-electron chi connectivity index (χ0n) is 41.1. The molecule has 360 valence electrons. The first-order chi connectivity index (χ1) is 38.1. The highest BCUT2D eigenvalue weighted by atomic mass is 16.3. The molecule has 0 fully saturated rings. The van der Waals surface area contributed by atoms with E-state index in [1.165, 1.54) is 0 Å².